The third-order valence-corrected chi connectivity index (χ3v) is 4.44. The maximum atomic E-state index is 11.2. The van der Waals surface area contributed by atoms with E-state index < -0.39 is 20.0 Å². The number of hydrogen-bond acceptors (Lipinski definition) is 4. The average Bonchev–Trinajstić information content (AvgIpc) is 2.13. The molecule has 0 fully saturated rings. The zero-order chi connectivity index (χ0) is 14.0. The Bertz CT molecular complexity index is 629. The zero-order valence-corrected chi connectivity index (χ0v) is 11.9. The molecule has 5 nitrogen and oxygen atoms in total. The Kier molecular flexibility index (Phi) is 4.52. The Balaban J connectivity index is 2.97. The van der Waals surface area contributed by atoms with Crippen LogP contribution >= 0.6 is 0 Å². The minimum Gasteiger partial charge on any atom is -0.282 e. The van der Waals surface area contributed by atoms with Crippen molar-refractivity contribution in [2.24, 2.45) is 0 Å². The Morgan fingerprint density at radius 1 is 1.17 bits per heavy atom. The van der Waals surface area contributed by atoms with E-state index in [0.717, 1.165) is 11.8 Å². The van der Waals surface area contributed by atoms with Crippen molar-refractivity contribution in [3.8, 4) is 0 Å². The zero-order valence-electron chi connectivity index (χ0n) is 10.3. The molecule has 0 atom stereocenters. The molecule has 0 aliphatic heterocycles. The fraction of sp³-hybridized carbons (Fsp3) is 0.455. The van der Waals surface area contributed by atoms with E-state index in [1.54, 1.807) is 19.1 Å². The number of rotatable bonds is 5. The molecule has 1 N–H and O–H groups in total. The van der Waals surface area contributed by atoms with Gasteiger partial charge in [0.15, 0.2) is 0 Å². The van der Waals surface area contributed by atoms with Gasteiger partial charge in [0.2, 0.25) is 0 Å². The molecule has 0 bridgehead atoms. The van der Waals surface area contributed by atoms with E-state index in [4.69, 9.17) is 4.55 Å². The molecule has 0 aliphatic rings. The molecule has 1 rings (SSSR count). The number of benzene rings is 1. The molecule has 0 radical (unpaired) electrons. The highest BCUT2D eigenvalue weighted by Gasteiger charge is 2.15. The van der Waals surface area contributed by atoms with Crippen LogP contribution in [0.4, 0.5) is 0 Å². The maximum Gasteiger partial charge on any atom is 0.294 e. The molecule has 18 heavy (non-hydrogen) atoms. The van der Waals surface area contributed by atoms with E-state index in [1.165, 1.54) is 6.07 Å². The summed E-state index contributed by atoms with van der Waals surface area (Å²) in [4.78, 5) is -0.151. The van der Waals surface area contributed by atoms with Crippen molar-refractivity contribution in [3.63, 3.8) is 0 Å². The lowest BCUT2D eigenvalue weighted by molar-refractivity contribution is 0.482. The molecule has 102 valence electrons. The number of hydrogen-bond donors (Lipinski definition) is 1. The predicted molar refractivity (Wildman–Crippen MR) is 69.0 cm³/mol. The molecule has 0 saturated carbocycles. The van der Waals surface area contributed by atoms with Crippen LogP contribution < -0.4 is 0 Å². The van der Waals surface area contributed by atoms with Crippen LogP contribution in [0.15, 0.2) is 23.1 Å². The van der Waals surface area contributed by atoms with Gasteiger partial charge in [0, 0.05) is 6.26 Å². The summed E-state index contributed by atoms with van der Waals surface area (Å²) in [7, 11) is -7.33. The molecule has 0 amide bonds. The minimum atomic E-state index is -4.27. The fourth-order valence-electron chi connectivity index (χ4n) is 1.68. The molecule has 1 aromatic rings. The molecule has 0 saturated heterocycles. The number of sulfone groups is 1. The summed E-state index contributed by atoms with van der Waals surface area (Å²) < 4.78 is 53.4. The van der Waals surface area contributed by atoms with Crippen molar-refractivity contribution in [2.75, 3.05) is 12.0 Å². The monoisotopic (exact) mass is 292 g/mol. The summed E-state index contributed by atoms with van der Waals surface area (Å²) in [5, 5.41) is 0. The van der Waals surface area contributed by atoms with E-state index in [2.05, 4.69) is 0 Å². The van der Waals surface area contributed by atoms with Crippen molar-refractivity contribution in [3.05, 3.63) is 29.3 Å². The lowest BCUT2D eigenvalue weighted by atomic mass is 10.1. The summed E-state index contributed by atoms with van der Waals surface area (Å²) in [6.45, 7) is 1.80. The fourth-order valence-corrected chi connectivity index (χ4v) is 3.08. The summed E-state index contributed by atoms with van der Waals surface area (Å²) in [6.07, 6.45) is 1.75. The van der Waals surface area contributed by atoms with E-state index in [9.17, 15) is 16.8 Å². The SMILES string of the molecule is Cc1ccc(S(=O)(=O)O)c(CCCS(C)(=O)=O)c1. The molecule has 1 aromatic carbocycles. The van der Waals surface area contributed by atoms with Crippen LogP contribution in [-0.4, -0.2) is 33.4 Å². The first-order valence-corrected chi connectivity index (χ1v) is 8.84. The standard InChI is InChI=1S/C11H16O5S2/c1-9-5-6-11(18(14,15)16)10(8-9)4-3-7-17(2,12)13/h5-6,8H,3-4,7H2,1-2H3,(H,14,15,16). The summed E-state index contributed by atoms with van der Waals surface area (Å²) in [5.41, 5.74) is 1.30. The first-order valence-electron chi connectivity index (χ1n) is 5.34. The Morgan fingerprint density at radius 3 is 2.28 bits per heavy atom. The van der Waals surface area contributed by atoms with Gasteiger partial charge in [-0.3, -0.25) is 4.55 Å². The van der Waals surface area contributed by atoms with Crippen molar-refractivity contribution in [2.45, 2.75) is 24.7 Å². The summed E-state index contributed by atoms with van der Waals surface area (Å²) in [5.74, 6) is -0.00808. The van der Waals surface area contributed by atoms with Gasteiger partial charge < -0.3 is 0 Å². The van der Waals surface area contributed by atoms with Crippen LogP contribution in [-0.2, 0) is 26.4 Å². The highest BCUT2D eigenvalue weighted by molar-refractivity contribution is 7.90. The molecule has 0 aromatic heterocycles. The minimum absolute atomic E-state index is 0.00808. The van der Waals surface area contributed by atoms with E-state index in [-0.39, 0.29) is 10.6 Å². The van der Waals surface area contributed by atoms with Crippen LogP contribution in [0, 0.1) is 6.92 Å². The van der Waals surface area contributed by atoms with Gasteiger partial charge in [-0.2, -0.15) is 8.42 Å². The smallest absolute Gasteiger partial charge is 0.282 e. The second-order valence-electron chi connectivity index (χ2n) is 4.32. The Labute approximate surface area is 108 Å². The van der Waals surface area contributed by atoms with Gasteiger partial charge in [-0.15, -0.1) is 0 Å². The molecular formula is C11H16O5S2. The topological polar surface area (TPSA) is 88.5 Å². The van der Waals surface area contributed by atoms with Gasteiger partial charge in [-0.05, 0) is 31.4 Å². The van der Waals surface area contributed by atoms with Crippen LogP contribution in [0.25, 0.3) is 0 Å². The molecule has 7 heteroatoms. The van der Waals surface area contributed by atoms with Crippen LogP contribution in [0.1, 0.15) is 17.5 Å². The van der Waals surface area contributed by atoms with Gasteiger partial charge in [-0.25, -0.2) is 8.42 Å². The van der Waals surface area contributed by atoms with Gasteiger partial charge >= 0.3 is 0 Å². The maximum absolute atomic E-state index is 11.2. The third-order valence-electron chi connectivity index (χ3n) is 2.46. The average molecular weight is 292 g/mol. The largest absolute Gasteiger partial charge is 0.294 e. The van der Waals surface area contributed by atoms with Crippen molar-refractivity contribution in [1.82, 2.24) is 0 Å². The molecule has 0 heterocycles. The lowest BCUT2D eigenvalue weighted by Gasteiger charge is -2.08. The lowest BCUT2D eigenvalue weighted by Crippen LogP contribution is -2.07. The normalized spacial score (nSPS) is 12.6. The van der Waals surface area contributed by atoms with E-state index >= 15 is 0 Å². The third kappa shape index (κ3) is 4.75. The Morgan fingerprint density at radius 2 is 1.78 bits per heavy atom. The highest BCUT2D eigenvalue weighted by atomic mass is 32.2. The second-order valence-corrected chi connectivity index (χ2v) is 7.97. The Hall–Kier alpha value is -0.920. The predicted octanol–water partition coefficient (Wildman–Crippen LogP) is 1.22. The summed E-state index contributed by atoms with van der Waals surface area (Å²) >= 11 is 0. The molecule has 0 aliphatic carbocycles. The number of aryl methyl sites for hydroxylation is 2. The van der Waals surface area contributed by atoms with Crippen LogP contribution in [0.3, 0.4) is 0 Å². The first kappa shape index (κ1) is 15.1. The molecular weight excluding hydrogens is 276 g/mol. The van der Waals surface area contributed by atoms with Crippen molar-refractivity contribution >= 4 is 20.0 Å². The van der Waals surface area contributed by atoms with Crippen molar-refractivity contribution < 1.29 is 21.4 Å². The van der Waals surface area contributed by atoms with E-state index in [0.29, 0.717) is 18.4 Å². The van der Waals surface area contributed by atoms with Gasteiger partial charge in [0.25, 0.3) is 10.1 Å². The quantitative estimate of drug-likeness (QED) is 0.824. The molecule has 0 unspecified atom stereocenters. The first-order chi connectivity index (χ1) is 8.09. The van der Waals surface area contributed by atoms with Crippen LogP contribution in [0.5, 0.6) is 0 Å². The molecule has 0 spiro atoms. The van der Waals surface area contributed by atoms with Gasteiger partial charge in [0.05, 0.1) is 10.6 Å². The van der Waals surface area contributed by atoms with Gasteiger partial charge in [-0.1, -0.05) is 17.7 Å². The second kappa shape index (κ2) is 5.38. The summed E-state index contributed by atoms with van der Waals surface area (Å²) in [6, 6.07) is 4.56. The van der Waals surface area contributed by atoms with Gasteiger partial charge in [0.1, 0.15) is 9.84 Å². The van der Waals surface area contributed by atoms with E-state index in [1.807, 2.05) is 0 Å². The van der Waals surface area contributed by atoms with Crippen LogP contribution in [0.2, 0.25) is 0 Å². The van der Waals surface area contributed by atoms with Crippen molar-refractivity contribution in [1.29, 1.82) is 0 Å². The highest BCUT2D eigenvalue weighted by Crippen LogP contribution is 2.19.